The number of phosphoric acid groups is 1. The summed E-state index contributed by atoms with van der Waals surface area (Å²) in [5.41, 5.74) is 5.27. The van der Waals surface area contributed by atoms with Crippen molar-refractivity contribution in [3.8, 4) is 0 Å². The maximum absolute atomic E-state index is 12.4. The summed E-state index contributed by atoms with van der Waals surface area (Å²) >= 11 is 0. The second-order valence-corrected chi connectivity index (χ2v) is 11.3. The fourth-order valence-electron chi connectivity index (χ4n) is 3.43. The Balaban J connectivity index is 4.68. The highest BCUT2D eigenvalue weighted by atomic mass is 31.2. The van der Waals surface area contributed by atoms with Crippen molar-refractivity contribution >= 4 is 25.7 Å². The molecule has 0 aromatic rings. The van der Waals surface area contributed by atoms with Crippen molar-refractivity contribution in [1.82, 2.24) is 0 Å². The molecule has 0 aliphatic rings. The predicted octanol–water partition coefficient (Wildman–Crippen LogP) is 6.32. The van der Waals surface area contributed by atoms with Crippen LogP contribution in [0.1, 0.15) is 97.3 Å². The first-order valence-corrected chi connectivity index (χ1v) is 16.7. The van der Waals surface area contributed by atoms with Crippen LogP contribution in [0, 0.1) is 0 Å². The molecule has 0 spiro atoms. The van der Waals surface area contributed by atoms with Crippen LogP contribution in [-0.4, -0.2) is 59.9 Å². The standard InChI is InChI=1S/C31H52NO10P/c1-3-5-7-9-11-12-13-14-15-16-17-19-21-23-30(34)42-27(24-39-29(33)22-20-18-10-8-6-4-2)25-40-43(37,38)41-26-28(32)31(35)36/h5,7,11-12,14-15,17,19,27-28H,3-4,6,8-10,13,16,18,20-26,32H2,1-2H3,(H,35,36)(H,37,38)/b7-5-,12-11-,15-14-,19-17-. The van der Waals surface area contributed by atoms with E-state index in [0.717, 1.165) is 57.8 Å². The van der Waals surface area contributed by atoms with Gasteiger partial charge in [0.05, 0.1) is 13.2 Å². The van der Waals surface area contributed by atoms with Crippen LogP contribution in [0.15, 0.2) is 48.6 Å². The molecular formula is C31H52NO10P. The van der Waals surface area contributed by atoms with E-state index in [-0.39, 0.29) is 19.4 Å². The molecule has 0 radical (unpaired) electrons. The Morgan fingerprint density at radius 3 is 1.91 bits per heavy atom. The molecule has 0 heterocycles. The van der Waals surface area contributed by atoms with Crippen LogP contribution in [-0.2, 0) is 37.5 Å². The molecule has 246 valence electrons. The molecule has 43 heavy (non-hydrogen) atoms. The summed E-state index contributed by atoms with van der Waals surface area (Å²) < 4.78 is 32.1. The summed E-state index contributed by atoms with van der Waals surface area (Å²) in [7, 11) is -4.71. The second kappa shape index (κ2) is 27.0. The fourth-order valence-corrected chi connectivity index (χ4v) is 4.21. The summed E-state index contributed by atoms with van der Waals surface area (Å²) in [6.07, 6.45) is 25.4. The van der Waals surface area contributed by atoms with Gasteiger partial charge in [-0.1, -0.05) is 94.6 Å². The minimum atomic E-state index is -4.71. The summed E-state index contributed by atoms with van der Waals surface area (Å²) in [4.78, 5) is 45.2. The Labute approximate surface area is 256 Å². The van der Waals surface area contributed by atoms with Gasteiger partial charge in [-0.2, -0.15) is 0 Å². The molecule has 3 atom stereocenters. The van der Waals surface area contributed by atoms with Crippen molar-refractivity contribution in [3.63, 3.8) is 0 Å². The molecule has 0 saturated carbocycles. The van der Waals surface area contributed by atoms with E-state index in [2.05, 4.69) is 48.8 Å². The van der Waals surface area contributed by atoms with Crippen LogP contribution in [0.4, 0.5) is 0 Å². The van der Waals surface area contributed by atoms with Gasteiger partial charge < -0.3 is 25.2 Å². The van der Waals surface area contributed by atoms with Gasteiger partial charge in [0.1, 0.15) is 12.6 Å². The zero-order chi connectivity index (χ0) is 32.2. The average molecular weight is 630 g/mol. The third kappa shape index (κ3) is 26.8. The Hall–Kier alpha value is -2.56. The van der Waals surface area contributed by atoms with Crippen LogP contribution < -0.4 is 5.73 Å². The Kier molecular flexibility index (Phi) is 25.4. The van der Waals surface area contributed by atoms with E-state index in [9.17, 15) is 23.8 Å². The number of allylic oxidation sites excluding steroid dienone is 8. The van der Waals surface area contributed by atoms with E-state index in [1.807, 2.05) is 18.2 Å². The number of esters is 2. The minimum absolute atomic E-state index is 0.0389. The van der Waals surface area contributed by atoms with Crippen LogP contribution in [0.5, 0.6) is 0 Å². The van der Waals surface area contributed by atoms with Crippen LogP contribution in [0.25, 0.3) is 0 Å². The third-order valence-corrected chi connectivity index (χ3v) is 6.81. The van der Waals surface area contributed by atoms with Gasteiger partial charge in [0, 0.05) is 12.8 Å². The molecule has 0 aliphatic heterocycles. The van der Waals surface area contributed by atoms with E-state index in [1.165, 1.54) is 0 Å². The molecular weight excluding hydrogens is 577 g/mol. The van der Waals surface area contributed by atoms with Gasteiger partial charge in [-0.15, -0.1) is 0 Å². The van der Waals surface area contributed by atoms with E-state index in [4.69, 9.17) is 24.8 Å². The number of unbranched alkanes of at least 4 members (excludes halogenated alkanes) is 5. The van der Waals surface area contributed by atoms with Gasteiger partial charge >= 0.3 is 25.7 Å². The highest BCUT2D eigenvalue weighted by molar-refractivity contribution is 7.47. The van der Waals surface area contributed by atoms with Gasteiger partial charge in [0.2, 0.25) is 0 Å². The van der Waals surface area contributed by atoms with Crippen molar-refractivity contribution in [2.75, 3.05) is 19.8 Å². The van der Waals surface area contributed by atoms with E-state index >= 15 is 0 Å². The Morgan fingerprint density at radius 2 is 1.30 bits per heavy atom. The normalized spacial score (nSPS) is 14.9. The van der Waals surface area contributed by atoms with Crippen molar-refractivity contribution < 1.29 is 47.5 Å². The Morgan fingerprint density at radius 1 is 0.744 bits per heavy atom. The van der Waals surface area contributed by atoms with Crippen LogP contribution >= 0.6 is 7.82 Å². The zero-order valence-corrected chi connectivity index (χ0v) is 26.7. The average Bonchev–Trinajstić information content (AvgIpc) is 2.97. The fraction of sp³-hybridized carbons (Fsp3) is 0.645. The SMILES string of the molecule is CC/C=C\C/C=C\C/C=C\C/C=C\CCC(=O)OC(COC(=O)CCCCCCCC)COP(=O)(O)OCC(N)C(=O)O. The van der Waals surface area contributed by atoms with E-state index in [0.29, 0.717) is 12.8 Å². The lowest BCUT2D eigenvalue weighted by molar-refractivity contribution is -0.161. The summed E-state index contributed by atoms with van der Waals surface area (Å²) in [5.74, 6) is -2.51. The number of carbonyl (C=O) groups is 3. The van der Waals surface area contributed by atoms with E-state index < -0.39 is 51.1 Å². The number of carboxylic acid groups (broad SMARTS) is 1. The topological polar surface area (TPSA) is 172 Å². The summed E-state index contributed by atoms with van der Waals surface area (Å²) in [6.45, 7) is 2.47. The largest absolute Gasteiger partial charge is 0.480 e. The first kappa shape index (κ1) is 40.4. The van der Waals surface area contributed by atoms with Gasteiger partial charge in [-0.3, -0.25) is 23.4 Å². The monoisotopic (exact) mass is 629 g/mol. The quantitative estimate of drug-likeness (QED) is 0.0402. The molecule has 3 unspecified atom stereocenters. The lowest BCUT2D eigenvalue weighted by Gasteiger charge is -2.20. The first-order chi connectivity index (χ1) is 20.6. The second-order valence-electron chi connectivity index (χ2n) is 9.86. The lowest BCUT2D eigenvalue weighted by atomic mass is 10.1. The summed E-state index contributed by atoms with van der Waals surface area (Å²) in [6, 6.07) is -1.53. The van der Waals surface area contributed by atoms with Crippen LogP contribution in [0.3, 0.4) is 0 Å². The molecule has 0 bridgehead atoms. The molecule has 0 aliphatic carbocycles. The maximum atomic E-state index is 12.4. The first-order valence-electron chi connectivity index (χ1n) is 15.2. The highest BCUT2D eigenvalue weighted by Gasteiger charge is 2.28. The molecule has 0 amide bonds. The number of aliphatic carboxylic acids is 1. The molecule has 0 fully saturated rings. The smallest absolute Gasteiger partial charge is 0.472 e. The molecule has 0 saturated heterocycles. The lowest BCUT2D eigenvalue weighted by Crippen LogP contribution is -2.34. The van der Waals surface area contributed by atoms with Gasteiger partial charge in [0.15, 0.2) is 6.10 Å². The van der Waals surface area contributed by atoms with Crippen LogP contribution in [0.2, 0.25) is 0 Å². The number of carboxylic acids is 1. The number of nitrogens with two attached hydrogens (primary N) is 1. The summed E-state index contributed by atoms with van der Waals surface area (Å²) in [5, 5.41) is 8.79. The van der Waals surface area contributed by atoms with Gasteiger partial charge in [-0.25, -0.2) is 4.57 Å². The number of carbonyl (C=O) groups excluding carboxylic acids is 2. The van der Waals surface area contributed by atoms with E-state index in [1.54, 1.807) is 0 Å². The van der Waals surface area contributed by atoms with Gasteiger partial charge in [0.25, 0.3) is 0 Å². The number of hydrogen-bond acceptors (Lipinski definition) is 9. The third-order valence-electron chi connectivity index (χ3n) is 5.85. The Bertz CT molecular complexity index is 932. The molecule has 0 aromatic heterocycles. The number of hydrogen-bond donors (Lipinski definition) is 3. The molecule has 11 nitrogen and oxygen atoms in total. The van der Waals surface area contributed by atoms with Crippen molar-refractivity contribution in [2.24, 2.45) is 5.73 Å². The zero-order valence-electron chi connectivity index (χ0n) is 25.8. The number of rotatable bonds is 27. The highest BCUT2D eigenvalue weighted by Crippen LogP contribution is 2.43. The van der Waals surface area contributed by atoms with Gasteiger partial charge in [-0.05, 0) is 38.5 Å². The molecule has 0 rings (SSSR count). The minimum Gasteiger partial charge on any atom is -0.480 e. The predicted molar refractivity (Wildman–Crippen MR) is 166 cm³/mol. The van der Waals surface area contributed by atoms with Crippen molar-refractivity contribution in [1.29, 1.82) is 0 Å². The molecule has 4 N–H and O–H groups in total. The van der Waals surface area contributed by atoms with Crippen molar-refractivity contribution in [3.05, 3.63) is 48.6 Å². The molecule has 0 aromatic carbocycles. The number of ether oxygens (including phenoxy) is 2. The molecule has 12 heteroatoms. The van der Waals surface area contributed by atoms with Crippen molar-refractivity contribution in [2.45, 2.75) is 109 Å². The number of phosphoric ester groups is 1. The maximum Gasteiger partial charge on any atom is 0.472 e.